The highest BCUT2D eigenvalue weighted by Crippen LogP contribution is 2.31. The van der Waals surface area contributed by atoms with Crippen LogP contribution in [0.25, 0.3) is 0 Å². The number of anilines is 1. The fraction of sp³-hybridized carbons (Fsp3) is 0.364. The Morgan fingerprint density at radius 2 is 2.40 bits per heavy atom. The number of aromatic hydroxyl groups is 1. The van der Waals surface area contributed by atoms with Crippen molar-refractivity contribution in [2.75, 3.05) is 12.4 Å². The Bertz CT molecular complexity index is 389. The minimum absolute atomic E-state index is 0.260. The second kappa shape index (κ2) is 3.81. The topological polar surface area (TPSA) is 58.6 Å². The van der Waals surface area contributed by atoms with Gasteiger partial charge in [-0.05, 0) is 25.0 Å². The van der Waals surface area contributed by atoms with E-state index in [2.05, 4.69) is 10.1 Å². The van der Waals surface area contributed by atoms with Crippen LogP contribution in [-0.4, -0.2) is 24.2 Å². The molecule has 0 saturated carbocycles. The number of carbonyl (C=O) groups excluding carboxylic acids is 1. The summed E-state index contributed by atoms with van der Waals surface area (Å²) in [6.45, 7) is 0. The van der Waals surface area contributed by atoms with Crippen LogP contribution in [0.15, 0.2) is 18.2 Å². The second-order valence-corrected chi connectivity index (χ2v) is 3.56. The molecule has 1 aromatic carbocycles. The van der Waals surface area contributed by atoms with Crippen molar-refractivity contribution in [3.8, 4) is 5.75 Å². The maximum absolute atomic E-state index is 11.3. The van der Waals surface area contributed by atoms with E-state index in [0.717, 1.165) is 11.3 Å². The predicted molar refractivity (Wildman–Crippen MR) is 55.9 cm³/mol. The molecule has 0 aromatic heterocycles. The summed E-state index contributed by atoms with van der Waals surface area (Å²) < 4.78 is 4.67. The summed E-state index contributed by atoms with van der Waals surface area (Å²) >= 11 is 0. The van der Waals surface area contributed by atoms with Crippen molar-refractivity contribution in [1.82, 2.24) is 0 Å². The Morgan fingerprint density at radius 1 is 1.60 bits per heavy atom. The number of hydrogen-bond donors (Lipinski definition) is 2. The number of benzene rings is 1. The third kappa shape index (κ3) is 1.75. The van der Waals surface area contributed by atoms with Gasteiger partial charge in [-0.1, -0.05) is 6.07 Å². The number of rotatable bonds is 1. The first kappa shape index (κ1) is 9.83. The van der Waals surface area contributed by atoms with E-state index in [9.17, 15) is 9.90 Å². The first-order chi connectivity index (χ1) is 7.22. The quantitative estimate of drug-likeness (QED) is 0.681. The normalized spacial score (nSPS) is 18.9. The molecule has 0 radical (unpaired) electrons. The lowest BCUT2D eigenvalue weighted by Gasteiger charge is -2.25. The Balaban J connectivity index is 2.24. The number of methoxy groups -OCH3 is 1. The summed E-state index contributed by atoms with van der Waals surface area (Å²) in [6, 6.07) is 4.95. The van der Waals surface area contributed by atoms with Gasteiger partial charge in [-0.15, -0.1) is 0 Å². The lowest BCUT2D eigenvalue weighted by Crippen LogP contribution is -2.34. The van der Waals surface area contributed by atoms with E-state index in [0.29, 0.717) is 12.8 Å². The monoisotopic (exact) mass is 207 g/mol. The van der Waals surface area contributed by atoms with Crippen molar-refractivity contribution in [3.05, 3.63) is 23.8 Å². The number of hydrogen-bond acceptors (Lipinski definition) is 4. The van der Waals surface area contributed by atoms with E-state index in [4.69, 9.17) is 0 Å². The summed E-state index contributed by atoms with van der Waals surface area (Å²) in [4.78, 5) is 11.3. The van der Waals surface area contributed by atoms with Crippen LogP contribution in [0.3, 0.4) is 0 Å². The van der Waals surface area contributed by atoms with E-state index >= 15 is 0 Å². The molecule has 2 N–H and O–H groups in total. The summed E-state index contributed by atoms with van der Waals surface area (Å²) in [6.07, 6.45) is 1.34. The van der Waals surface area contributed by atoms with Crippen LogP contribution >= 0.6 is 0 Å². The molecule has 1 atom stereocenters. The van der Waals surface area contributed by atoms with Gasteiger partial charge in [0.25, 0.3) is 0 Å². The molecule has 4 nitrogen and oxygen atoms in total. The van der Waals surface area contributed by atoms with E-state index in [-0.39, 0.29) is 17.8 Å². The Hall–Kier alpha value is -1.71. The minimum Gasteiger partial charge on any atom is -0.508 e. The number of esters is 1. The maximum Gasteiger partial charge on any atom is 0.328 e. The van der Waals surface area contributed by atoms with Gasteiger partial charge < -0.3 is 15.2 Å². The van der Waals surface area contributed by atoms with E-state index < -0.39 is 0 Å². The van der Waals surface area contributed by atoms with Gasteiger partial charge in [0.2, 0.25) is 0 Å². The van der Waals surface area contributed by atoms with Crippen LogP contribution in [-0.2, 0) is 16.0 Å². The van der Waals surface area contributed by atoms with Gasteiger partial charge in [-0.25, -0.2) is 4.79 Å². The zero-order valence-electron chi connectivity index (χ0n) is 8.49. The molecular formula is C11H13NO3. The SMILES string of the molecule is COC(=O)C1CCc2c(O)cccc2N1. The van der Waals surface area contributed by atoms with E-state index in [1.54, 1.807) is 12.1 Å². The first-order valence-corrected chi connectivity index (χ1v) is 4.87. The number of phenolic OH excluding ortho intramolecular Hbond substituents is 1. The Labute approximate surface area is 87.9 Å². The van der Waals surface area contributed by atoms with Crippen molar-refractivity contribution in [1.29, 1.82) is 0 Å². The fourth-order valence-electron chi connectivity index (χ4n) is 1.84. The van der Waals surface area contributed by atoms with Crippen molar-refractivity contribution < 1.29 is 14.6 Å². The lowest BCUT2D eigenvalue weighted by molar-refractivity contribution is -0.141. The van der Waals surface area contributed by atoms with Crippen LogP contribution in [0.5, 0.6) is 5.75 Å². The smallest absolute Gasteiger partial charge is 0.328 e. The molecule has 0 saturated heterocycles. The summed E-state index contributed by atoms with van der Waals surface area (Å²) in [5.74, 6) is 0.0207. The first-order valence-electron chi connectivity index (χ1n) is 4.87. The zero-order valence-corrected chi connectivity index (χ0v) is 8.49. The van der Waals surface area contributed by atoms with Gasteiger partial charge >= 0.3 is 5.97 Å². The molecule has 1 aliphatic rings. The van der Waals surface area contributed by atoms with Crippen LogP contribution in [0, 0.1) is 0 Å². The van der Waals surface area contributed by atoms with Crippen molar-refractivity contribution >= 4 is 11.7 Å². The molecular weight excluding hydrogens is 194 g/mol. The number of carbonyl (C=O) groups is 1. The molecule has 1 aromatic rings. The maximum atomic E-state index is 11.3. The van der Waals surface area contributed by atoms with Gasteiger partial charge in [-0.2, -0.15) is 0 Å². The summed E-state index contributed by atoms with van der Waals surface area (Å²) in [7, 11) is 1.38. The van der Waals surface area contributed by atoms with Crippen molar-refractivity contribution in [2.45, 2.75) is 18.9 Å². The molecule has 1 heterocycles. The molecule has 0 amide bonds. The van der Waals surface area contributed by atoms with Crippen molar-refractivity contribution in [2.24, 2.45) is 0 Å². The molecule has 0 aliphatic carbocycles. The Kier molecular flexibility index (Phi) is 2.49. The molecule has 0 fully saturated rings. The number of ether oxygens (including phenoxy) is 1. The van der Waals surface area contributed by atoms with Crippen LogP contribution in [0.1, 0.15) is 12.0 Å². The molecule has 4 heteroatoms. The molecule has 15 heavy (non-hydrogen) atoms. The molecule has 0 bridgehead atoms. The van der Waals surface area contributed by atoms with E-state index in [1.807, 2.05) is 6.07 Å². The molecule has 1 unspecified atom stereocenters. The second-order valence-electron chi connectivity index (χ2n) is 3.56. The van der Waals surface area contributed by atoms with Gasteiger partial charge in [0.15, 0.2) is 0 Å². The highest BCUT2D eigenvalue weighted by molar-refractivity contribution is 5.81. The van der Waals surface area contributed by atoms with E-state index in [1.165, 1.54) is 7.11 Å². The third-order valence-electron chi connectivity index (χ3n) is 2.65. The third-order valence-corrected chi connectivity index (χ3v) is 2.65. The average Bonchev–Trinajstić information content (AvgIpc) is 2.28. The van der Waals surface area contributed by atoms with Gasteiger partial charge in [-0.3, -0.25) is 0 Å². The molecule has 2 rings (SSSR count). The average molecular weight is 207 g/mol. The minimum atomic E-state index is -0.302. The summed E-state index contributed by atoms with van der Waals surface area (Å²) in [5, 5.41) is 12.6. The number of nitrogens with one attached hydrogen (secondary N) is 1. The fourth-order valence-corrected chi connectivity index (χ4v) is 1.84. The highest BCUT2D eigenvalue weighted by Gasteiger charge is 2.25. The van der Waals surface area contributed by atoms with Crippen molar-refractivity contribution in [3.63, 3.8) is 0 Å². The number of phenols is 1. The lowest BCUT2D eigenvalue weighted by atomic mass is 9.97. The van der Waals surface area contributed by atoms with Gasteiger partial charge in [0, 0.05) is 11.3 Å². The molecule has 80 valence electrons. The highest BCUT2D eigenvalue weighted by atomic mass is 16.5. The van der Waals surface area contributed by atoms with Gasteiger partial charge in [0.1, 0.15) is 11.8 Å². The molecule has 0 spiro atoms. The zero-order chi connectivity index (χ0) is 10.8. The van der Waals surface area contributed by atoms with Crippen LogP contribution in [0.2, 0.25) is 0 Å². The summed E-state index contributed by atoms with van der Waals surface area (Å²) in [5.41, 5.74) is 1.69. The number of fused-ring (bicyclic) bond motifs is 1. The standard InChI is InChI=1S/C11H13NO3/c1-15-11(14)9-6-5-7-8(12-9)3-2-4-10(7)13/h2-4,9,12-13H,5-6H2,1H3. The Morgan fingerprint density at radius 3 is 3.13 bits per heavy atom. The van der Waals surface area contributed by atoms with Crippen LogP contribution < -0.4 is 5.32 Å². The largest absolute Gasteiger partial charge is 0.508 e. The molecule has 1 aliphatic heterocycles. The predicted octanol–water partition coefficient (Wildman–Crippen LogP) is 1.29. The van der Waals surface area contributed by atoms with Gasteiger partial charge in [0.05, 0.1) is 7.11 Å². The van der Waals surface area contributed by atoms with Crippen LogP contribution in [0.4, 0.5) is 5.69 Å².